The van der Waals surface area contributed by atoms with Crippen molar-refractivity contribution in [3.05, 3.63) is 17.5 Å². The zero-order valence-corrected chi connectivity index (χ0v) is 17.6. The summed E-state index contributed by atoms with van der Waals surface area (Å²) >= 11 is 0. The number of rotatable bonds is 6. The summed E-state index contributed by atoms with van der Waals surface area (Å²) in [6, 6.07) is 1.75. The molecule has 160 valence electrons. The highest BCUT2D eigenvalue weighted by Gasteiger charge is 2.51. The molecule has 8 heteroatoms. The maximum absolute atomic E-state index is 13.1. The summed E-state index contributed by atoms with van der Waals surface area (Å²) in [4.78, 5) is 32.1. The monoisotopic (exact) mass is 404 g/mol. The quantitative estimate of drug-likeness (QED) is 0.711. The van der Waals surface area contributed by atoms with Gasteiger partial charge in [-0.05, 0) is 25.2 Å². The number of carbonyl (C=O) groups is 2. The second-order valence-corrected chi connectivity index (χ2v) is 9.03. The average Bonchev–Trinajstić information content (AvgIpc) is 3.42. The van der Waals surface area contributed by atoms with E-state index in [4.69, 9.17) is 9.26 Å². The van der Waals surface area contributed by atoms with Gasteiger partial charge in [-0.3, -0.25) is 14.5 Å². The van der Waals surface area contributed by atoms with E-state index in [0.717, 1.165) is 70.9 Å². The van der Waals surface area contributed by atoms with Gasteiger partial charge in [-0.2, -0.15) is 0 Å². The molecule has 0 radical (unpaired) electrons. The zero-order valence-electron chi connectivity index (χ0n) is 17.6. The van der Waals surface area contributed by atoms with Gasteiger partial charge in [0.05, 0.1) is 24.3 Å². The molecule has 0 N–H and O–H groups in total. The van der Waals surface area contributed by atoms with Crippen molar-refractivity contribution in [2.24, 2.45) is 11.3 Å². The molecule has 4 rings (SSSR count). The van der Waals surface area contributed by atoms with E-state index in [0.29, 0.717) is 19.0 Å². The third-order valence-electron chi connectivity index (χ3n) is 6.42. The maximum atomic E-state index is 13.1. The molecule has 3 aliphatic heterocycles. The van der Waals surface area contributed by atoms with Crippen LogP contribution in [0.15, 0.2) is 10.6 Å². The van der Waals surface area contributed by atoms with Gasteiger partial charge in [0.25, 0.3) is 5.91 Å². The highest BCUT2D eigenvalue weighted by Crippen LogP contribution is 2.41. The van der Waals surface area contributed by atoms with E-state index in [2.05, 4.69) is 23.9 Å². The normalized spacial score (nSPS) is 25.7. The Balaban J connectivity index is 1.32. The van der Waals surface area contributed by atoms with Crippen LogP contribution < -0.4 is 0 Å². The Bertz CT molecular complexity index is 743. The lowest BCUT2D eigenvalue weighted by Crippen LogP contribution is -2.43. The molecule has 3 fully saturated rings. The van der Waals surface area contributed by atoms with Gasteiger partial charge in [-0.25, -0.2) is 0 Å². The van der Waals surface area contributed by atoms with Gasteiger partial charge in [0.2, 0.25) is 11.7 Å². The van der Waals surface area contributed by atoms with E-state index in [1.165, 1.54) is 0 Å². The number of ether oxygens (including phenoxy) is 1. The van der Waals surface area contributed by atoms with Crippen LogP contribution in [0.25, 0.3) is 0 Å². The zero-order chi connectivity index (χ0) is 20.4. The van der Waals surface area contributed by atoms with Crippen molar-refractivity contribution in [3.8, 4) is 0 Å². The van der Waals surface area contributed by atoms with Crippen LogP contribution in [-0.2, 0) is 16.0 Å². The van der Waals surface area contributed by atoms with Gasteiger partial charge >= 0.3 is 0 Å². The molecule has 0 saturated carbocycles. The number of aromatic nitrogens is 1. The standard InChI is InChI=1S/C21H32N4O4/c1-16(2)13-17-14-18(29-22-17)19(26)25-6-4-21(15-25)3-5-24(20(21)27)8-7-23-9-11-28-12-10-23/h14,16H,3-13,15H2,1-2H3. The van der Waals surface area contributed by atoms with E-state index in [9.17, 15) is 9.59 Å². The van der Waals surface area contributed by atoms with Crippen LogP contribution in [-0.4, -0.2) is 90.7 Å². The first-order valence-electron chi connectivity index (χ1n) is 10.8. The van der Waals surface area contributed by atoms with Gasteiger partial charge in [0, 0.05) is 51.9 Å². The highest BCUT2D eigenvalue weighted by atomic mass is 16.5. The number of morpholine rings is 1. The number of likely N-dealkylation sites (tertiary alicyclic amines) is 2. The summed E-state index contributed by atoms with van der Waals surface area (Å²) in [5.74, 6) is 0.799. The number of hydrogen-bond acceptors (Lipinski definition) is 6. The second-order valence-electron chi connectivity index (χ2n) is 9.03. The third-order valence-corrected chi connectivity index (χ3v) is 6.42. The van der Waals surface area contributed by atoms with Crippen LogP contribution in [0, 0.1) is 11.3 Å². The van der Waals surface area contributed by atoms with Crippen molar-refractivity contribution in [2.75, 3.05) is 59.0 Å². The number of nitrogens with zero attached hydrogens (tertiary/aromatic N) is 4. The summed E-state index contributed by atoms with van der Waals surface area (Å²) in [5.41, 5.74) is 0.394. The Morgan fingerprint density at radius 3 is 2.69 bits per heavy atom. The predicted octanol–water partition coefficient (Wildman–Crippen LogP) is 1.27. The minimum atomic E-state index is -0.415. The summed E-state index contributed by atoms with van der Waals surface area (Å²) in [7, 11) is 0. The molecule has 1 atom stereocenters. The molecule has 0 aliphatic carbocycles. The minimum Gasteiger partial charge on any atom is -0.379 e. The Morgan fingerprint density at radius 2 is 1.93 bits per heavy atom. The Morgan fingerprint density at radius 1 is 1.17 bits per heavy atom. The first-order chi connectivity index (χ1) is 14.0. The van der Waals surface area contributed by atoms with Crippen molar-refractivity contribution in [3.63, 3.8) is 0 Å². The summed E-state index contributed by atoms with van der Waals surface area (Å²) in [6.45, 7) is 11.2. The largest absolute Gasteiger partial charge is 0.379 e. The van der Waals surface area contributed by atoms with Gasteiger partial charge in [0.15, 0.2) is 0 Å². The smallest absolute Gasteiger partial charge is 0.292 e. The Hall–Kier alpha value is -1.93. The van der Waals surface area contributed by atoms with Crippen LogP contribution in [0.4, 0.5) is 0 Å². The van der Waals surface area contributed by atoms with E-state index in [1.807, 2.05) is 4.90 Å². The maximum Gasteiger partial charge on any atom is 0.292 e. The molecule has 8 nitrogen and oxygen atoms in total. The molecule has 2 amide bonds. The Labute approximate surface area is 172 Å². The second kappa shape index (κ2) is 8.44. The van der Waals surface area contributed by atoms with Crippen molar-refractivity contribution in [1.82, 2.24) is 19.9 Å². The molecule has 1 aromatic heterocycles. The fourth-order valence-corrected chi connectivity index (χ4v) is 4.70. The molecule has 1 spiro atoms. The van der Waals surface area contributed by atoms with Gasteiger partial charge < -0.3 is 19.1 Å². The molecule has 3 saturated heterocycles. The Kier molecular flexibility index (Phi) is 5.92. The van der Waals surface area contributed by atoms with E-state index >= 15 is 0 Å². The van der Waals surface area contributed by atoms with Gasteiger partial charge in [-0.1, -0.05) is 19.0 Å². The van der Waals surface area contributed by atoms with Crippen LogP contribution in [0.3, 0.4) is 0 Å². The summed E-state index contributed by atoms with van der Waals surface area (Å²) < 4.78 is 10.7. The van der Waals surface area contributed by atoms with E-state index in [-0.39, 0.29) is 17.6 Å². The molecule has 29 heavy (non-hydrogen) atoms. The molecule has 4 heterocycles. The van der Waals surface area contributed by atoms with Crippen molar-refractivity contribution >= 4 is 11.8 Å². The first kappa shape index (κ1) is 20.3. The SMILES string of the molecule is CC(C)Cc1cc(C(=O)N2CCC3(CCN(CCN4CCOCC4)C3=O)C2)on1. The van der Waals surface area contributed by atoms with Gasteiger partial charge in [0.1, 0.15) is 0 Å². The molecular formula is C21H32N4O4. The number of amides is 2. The fourth-order valence-electron chi connectivity index (χ4n) is 4.70. The molecule has 1 aromatic rings. The van der Waals surface area contributed by atoms with Crippen molar-refractivity contribution < 1.29 is 18.8 Å². The third kappa shape index (κ3) is 4.33. The van der Waals surface area contributed by atoms with Crippen LogP contribution >= 0.6 is 0 Å². The molecule has 1 unspecified atom stereocenters. The van der Waals surface area contributed by atoms with Crippen LogP contribution in [0.2, 0.25) is 0 Å². The minimum absolute atomic E-state index is 0.149. The number of hydrogen-bond donors (Lipinski definition) is 0. The predicted molar refractivity (Wildman–Crippen MR) is 106 cm³/mol. The summed E-state index contributed by atoms with van der Waals surface area (Å²) in [6.07, 6.45) is 2.35. The topological polar surface area (TPSA) is 79.1 Å². The van der Waals surface area contributed by atoms with Crippen LogP contribution in [0.5, 0.6) is 0 Å². The molecule has 0 bridgehead atoms. The molecule has 3 aliphatic rings. The highest BCUT2D eigenvalue weighted by molar-refractivity contribution is 5.93. The van der Waals surface area contributed by atoms with Crippen LogP contribution in [0.1, 0.15) is 42.9 Å². The lowest BCUT2D eigenvalue weighted by Gasteiger charge is -2.29. The lowest BCUT2D eigenvalue weighted by atomic mass is 9.85. The number of carbonyl (C=O) groups excluding carboxylic acids is 2. The van der Waals surface area contributed by atoms with Crippen molar-refractivity contribution in [1.29, 1.82) is 0 Å². The van der Waals surface area contributed by atoms with Crippen molar-refractivity contribution in [2.45, 2.75) is 33.1 Å². The lowest BCUT2D eigenvalue weighted by molar-refractivity contribution is -0.135. The fraction of sp³-hybridized carbons (Fsp3) is 0.762. The average molecular weight is 405 g/mol. The molecular weight excluding hydrogens is 372 g/mol. The van der Waals surface area contributed by atoms with Gasteiger partial charge in [-0.15, -0.1) is 0 Å². The van der Waals surface area contributed by atoms with E-state index in [1.54, 1.807) is 11.0 Å². The summed E-state index contributed by atoms with van der Waals surface area (Å²) in [5, 5.41) is 4.02. The van der Waals surface area contributed by atoms with E-state index < -0.39 is 5.41 Å². The molecule has 0 aromatic carbocycles. The first-order valence-corrected chi connectivity index (χ1v) is 10.8.